The molecule has 3 nitrogen and oxygen atoms in total. The predicted molar refractivity (Wildman–Crippen MR) is 87.8 cm³/mol. The number of carbonyl (C=O) groups is 1. The standard InChI is InChI=1S/C16H25FN2OS/c1-11(2)5-4-6-12(3)19-16(20)10-21-15-8-13(17)7-14(18)9-15/h7-9,11-12H,4-6,10,18H2,1-3H3,(H,19,20). The van der Waals surface area contributed by atoms with E-state index in [1.165, 1.54) is 30.3 Å². The largest absolute Gasteiger partial charge is 0.399 e. The Labute approximate surface area is 130 Å². The van der Waals surface area contributed by atoms with E-state index in [0.29, 0.717) is 16.5 Å². The average Bonchev–Trinajstić information content (AvgIpc) is 2.34. The van der Waals surface area contributed by atoms with Crippen LogP contribution in [-0.2, 0) is 4.79 Å². The molecule has 1 aromatic rings. The van der Waals surface area contributed by atoms with Gasteiger partial charge in [-0.2, -0.15) is 0 Å². The molecule has 0 aliphatic carbocycles. The maximum Gasteiger partial charge on any atom is 0.230 e. The summed E-state index contributed by atoms with van der Waals surface area (Å²) in [7, 11) is 0. The quantitative estimate of drug-likeness (QED) is 0.566. The summed E-state index contributed by atoms with van der Waals surface area (Å²) in [5, 5.41) is 2.97. The van der Waals surface area contributed by atoms with E-state index in [4.69, 9.17) is 5.73 Å². The minimum Gasteiger partial charge on any atom is -0.399 e. The third-order valence-corrected chi connectivity index (χ3v) is 4.07. The van der Waals surface area contributed by atoms with Gasteiger partial charge in [0.05, 0.1) is 5.75 Å². The zero-order valence-corrected chi connectivity index (χ0v) is 13.8. The zero-order valence-electron chi connectivity index (χ0n) is 13.0. The number of carbonyl (C=O) groups excluding carboxylic acids is 1. The minimum atomic E-state index is -0.375. The number of nitrogen functional groups attached to an aromatic ring is 1. The molecule has 5 heteroatoms. The van der Waals surface area contributed by atoms with Gasteiger partial charge in [-0.25, -0.2) is 4.39 Å². The molecule has 0 bridgehead atoms. The van der Waals surface area contributed by atoms with Crippen LogP contribution in [0.15, 0.2) is 23.1 Å². The van der Waals surface area contributed by atoms with Crippen LogP contribution < -0.4 is 11.1 Å². The van der Waals surface area contributed by atoms with E-state index >= 15 is 0 Å². The van der Waals surface area contributed by atoms with Crippen LogP contribution in [0.25, 0.3) is 0 Å². The number of thioether (sulfide) groups is 1. The van der Waals surface area contributed by atoms with Crippen LogP contribution in [-0.4, -0.2) is 17.7 Å². The molecule has 0 aliphatic rings. The van der Waals surface area contributed by atoms with Gasteiger partial charge in [0.15, 0.2) is 0 Å². The minimum absolute atomic E-state index is 0.0279. The molecule has 3 N–H and O–H groups in total. The van der Waals surface area contributed by atoms with Crippen LogP contribution in [0.3, 0.4) is 0 Å². The van der Waals surface area contributed by atoms with Gasteiger partial charge in [0.1, 0.15) is 5.82 Å². The van der Waals surface area contributed by atoms with Gasteiger partial charge in [-0.15, -0.1) is 11.8 Å². The molecule has 1 aromatic carbocycles. The van der Waals surface area contributed by atoms with Gasteiger partial charge in [-0.05, 0) is 37.5 Å². The third-order valence-electron chi connectivity index (χ3n) is 3.09. The highest BCUT2D eigenvalue weighted by Gasteiger charge is 2.09. The fourth-order valence-electron chi connectivity index (χ4n) is 2.04. The smallest absolute Gasteiger partial charge is 0.230 e. The lowest BCUT2D eigenvalue weighted by Gasteiger charge is -2.14. The average molecular weight is 312 g/mol. The maximum absolute atomic E-state index is 13.2. The monoisotopic (exact) mass is 312 g/mol. The van der Waals surface area contributed by atoms with Crippen LogP contribution in [0.1, 0.15) is 40.0 Å². The molecule has 1 unspecified atom stereocenters. The molecule has 0 saturated heterocycles. The van der Waals surface area contributed by atoms with Gasteiger partial charge < -0.3 is 11.1 Å². The topological polar surface area (TPSA) is 55.1 Å². The number of nitrogens with two attached hydrogens (primary N) is 1. The fourth-order valence-corrected chi connectivity index (χ4v) is 2.83. The molecule has 1 rings (SSSR count). The van der Waals surface area contributed by atoms with Crippen molar-refractivity contribution in [3.05, 3.63) is 24.0 Å². The molecule has 1 amide bonds. The van der Waals surface area contributed by atoms with Gasteiger partial charge in [0.2, 0.25) is 5.91 Å². The van der Waals surface area contributed by atoms with Crippen LogP contribution in [0.4, 0.5) is 10.1 Å². The second kappa shape index (κ2) is 8.93. The summed E-state index contributed by atoms with van der Waals surface area (Å²) >= 11 is 1.30. The third kappa shape index (κ3) is 7.95. The Morgan fingerprint density at radius 3 is 2.62 bits per heavy atom. The van der Waals surface area contributed by atoms with Crippen LogP contribution >= 0.6 is 11.8 Å². The maximum atomic E-state index is 13.2. The SMILES string of the molecule is CC(C)CCCC(C)NC(=O)CSc1cc(N)cc(F)c1. The molecule has 0 heterocycles. The Kier molecular flexibility index (Phi) is 7.57. The van der Waals surface area contributed by atoms with Crippen molar-refractivity contribution in [2.45, 2.75) is 51.0 Å². The number of hydrogen-bond acceptors (Lipinski definition) is 3. The summed E-state index contributed by atoms with van der Waals surface area (Å²) < 4.78 is 13.2. The molecule has 0 aromatic heterocycles. The van der Waals surface area contributed by atoms with Crippen molar-refractivity contribution >= 4 is 23.4 Å². The first kappa shape index (κ1) is 17.8. The number of hydrogen-bond donors (Lipinski definition) is 2. The van der Waals surface area contributed by atoms with Gasteiger partial charge in [-0.3, -0.25) is 4.79 Å². The van der Waals surface area contributed by atoms with Crippen molar-refractivity contribution in [1.29, 1.82) is 0 Å². The Morgan fingerprint density at radius 1 is 1.29 bits per heavy atom. The van der Waals surface area contributed by atoms with E-state index in [9.17, 15) is 9.18 Å². The summed E-state index contributed by atoms with van der Waals surface area (Å²) in [6.07, 6.45) is 3.28. The van der Waals surface area contributed by atoms with Gasteiger partial charge >= 0.3 is 0 Å². The summed E-state index contributed by atoms with van der Waals surface area (Å²) in [5.41, 5.74) is 5.95. The molecular weight excluding hydrogens is 287 g/mol. The number of nitrogens with one attached hydrogen (secondary N) is 1. The normalized spacial score (nSPS) is 12.4. The highest BCUT2D eigenvalue weighted by molar-refractivity contribution is 8.00. The zero-order chi connectivity index (χ0) is 15.8. The molecule has 0 aliphatic heterocycles. The number of amides is 1. The van der Waals surface area contributed by atoms with Crippen LogP contribution in [0, 0.1) is 11.7 Å². The number of benzene rings is 1. The van der Waals surface area contributed by atoms with Crippen molar-refractivity contribution in [1.82, 2.24) is 5.32 Å². The van der Waals surface area contributed by atoms with Crippen molar-refractivity contribution < 1.29 is 9.18 Å². The molecule has 0 radical (unpaired) electrons. The highest BCUT2D eigenvalue weighted by Crippen LogP contribution is 2.21. The Bertz CT molecular complexity index is 445. The summed E-state index contributed by atoms with van der Waals surface area (Å²) in [4.78, 5) is 12.5. The van der Waals surface area contributed by atoms with Crippen molar-refractivity contribution in [2.75, 3.05) is 11.5 Å². The first-order chi connectivity index (χ1) is 9.86. The van der Waals surface area contributed by atoms with E-state index < -0.39 is 0 Å². The Morgan fingerprint density at radius 2 is 2.00 bits per heavy atom. The van der Waals surface area contributed by atoms with E-state index in [2.05, 4.69) is 19.2 Å². The second-order valence-electron chi connectivity index (χ2n) is 5.80. The highest BCUT2D eigenvalue weighted by atomic mass is 32.2. The lowest BCUT2D eigenvalue weighted by atomic mass is 10.0. The predicted octanol–water partition coefficient (Wildman–Crippen LogP) is 3.83. The first-order valence-corrected chi connectivity index (χ1v) is 8.33. The number of halogens is 1. The molecule has 0 saturated carbocycles. The Hall–Kier alpha value is -1.23. The fraction of sp³-hybridized carbons (Fsp3) is 0.562. The van der Waals surface area contributed by atoms with Crippen LogP contribution in [0.2, 0.25) is 0 Å². The van der Waals surface area contributed by atoms with Crippen molar-refractivity contribution in [2.24, 2.45) is 5.92 Å². The molecule has 118 valence electrons. The Balaban J connectivity index is 2.30. The van der Waals surface area contributed by atoms with Gasteiger partial charge in [-0.1, -0.05) is 26.7 Å². The molecule has 1 atom stereocenters. The summed E-state index contributed by atoms with van der Waals surface area (Å²) in [6.45, 7) is 6.41. The second-order valence-corrected chi connectivity index (χ2v) is 6.85. The lowest BCUT2D eigenvalue weighted by molar-refractivity contribution is -0.119. The number of anilines is 1. The molecular formula is C16H25FN2OS. The van der Waals surface area contributed by atoms with E-state index in [1.54, 1.807) is 6.07 Å². The van der Waals surface area contributed by atoms with Gasteiger partial charge in [0, 0.05) is 16.6 Å². The van der Waals surface area contributed by atoms with Crippen molar-refractivity contribution in [3.63, 3.8) is 0 Å². The van der Waals surface area contributed by atoms with E-state index in [1.807, 2.05) is 6.92 Å². The molecule has 0 fully saturated rings. The molecule has 21 heavy (non-hydrogen) atoms. The number of rotatable bonds is 8. The van der Waals surface area contributed by atoms with E-state index in [0.717, 1.165) is 12.8 Å². The van der Waals surface area contributed by atoms with Crippen LogP contribution in [0.5, 0.6) is 0 Å². The summed E-state index contributed by atoms with van der Waals surface area (Å²) in [5.74, 6) is 0.568. The molecule has 0 spiro atoms. The van der Waals surface area contributed by atoms with E-state index in [-0.39, 0.29) is 23.5 Å². The lowest BCUT2D eigenvalue weighted by Crippen LogP contribution is -2.33. The van der Waals surface area contributed by atoms with Crippen molar-refractivity contribution in [3.8, 4) is 0 Å². The van der Waals surface area contributed by atoms with Gasteiger partial charge in [0.25, 0.3) is 0 Å². The first-order valence-electron chi connectivity index (χ1n) is 7.35. The summed E-state index contributed by atoms with van der Waals surface area (Å²) in [6, 6.07) is 4.50.